The highest BCUT2D eigenvalue weighted by Crippen LogP contribution is 2.19. The van der Waals surface area contributed by atoms with Crippen LogP contribution in [0.3, 0.4) is 0 Å². The predicted molar refractivity (Wildman–Crippen MR) is 133 cm³/mol. The molecule has 0 aliphatic rings. The molecule has 5 rings (SSSR count). The summed E-state index contributed by atoms with van der Waals surface area (Å²) >= 11 is 0. The Kier molecular flexibility index (Phi) is 6.65. The monoisotopic (exact) mass is 519 g/mol. The number of carbonyl (C=O) groups is 1. The number of benzene rings is 2. The number of halogens is 3. The standard InChI is InChI=1S/C27H20F3N5O3/c28-21-10-22-16(5-6-32-22)9-20(21)11-33-27(38)19-3-4-23(36)35(15-19)14-18-2-1-17(25(29)26(18)30)13-34-8-7-31-12-24(34)37/h1-10,12,15,32H,11,13-14H2,(H,33,38). The van der Waals surface area contributed by atoms with Gasteiger partial charge < -0.3 is 19.4 Å². The second-order valence-electron chi connectivity index (χ2n) is 8.63. The van der Waals surface area contributed by atoms with Gasteiger partial charge in [0.2, 0.25) is 0 Å². The van der Waals surface area contributed by atoms with Crippen LogP contribution in [0.25, 0.3) is 10.9 Å². The SMILES string of the molecule is O=C(NCc1cc2cc[nH]c2cc1F)c1ccc(=O)n(Cc2ccc(Cn3ccncc3=O)c(F)c2F)c1. The predicted octanol–water partition coefficient (Wildman–Crippen LogP) is 3.33. The van der Waals surface area contributed by atoms with Gasteiger partial charge in [0.1, 0.15) is 5.82 Å². The van der Waals surface area contributed by atoms with Gasteiger partial charge in [0.15, 0.2) is 11.6 Å². The summed E-state index contributed by atoms with van der Waals surface area (Å²) in [5.41, 5.74) is -0.163. The van der Waals surface area contributed by atoms with Gasteiger partial charge in [-0.1, -0.05) is 12.1 Å². The van der Waals surface area contributed by atoms with Gasteiger partial charge >= 0.3 is 0 Å². The van der Waals surface area contributed by atoms with Crippen molar-refractivity contribution in [1.82, 2.24) is 24.4 Å². The molecule has 3 aromatic heterocycles. The molecule has 0 fully saturated rings. The van der Waals surface area contributed by atoms with Crippen LogP contribution in [-0.2, 0) is 19.6 Å². The van der Waals surface area contributed by atoms with Crippen LogP contribution in [0.1, 0.15) is 27.0 Å². The minimum absolute atomic E-state index is 0.0508. The quantitative estimate of drug-likeness (QED) is 0.345. The number of aromatic amines is 1. The molecule has 0 saturated carbocycles. The van der Waals surface area contributed by atoms with E-state index in [-0.39, 0.29) is 41.9 Å². The highest BCUT2D eigenvalue weighted by Gasteiger charge is 2.16. The maximum atomic E-state index is 14.9. The molecular weight excluding hydrogens is 499 g/mol. The van der Waals surface area contributed by atoms with E-state index in [1.807, 2.05) is 0 Å². The highest BCUT2D eigenvalue weighted by atomic mass is 19.2. The summed E-state index contributed by atoms with van der Waals surface area (Å²) in [6.07, 6.45) is 6.69. The zero-order valence-electron chi connectivity index (χ0n) is 19.7. The van der Waals surface area contributed by atoms with Crippen molar-refractivity contribution in [3.05, 3.63) is 134 Å². The minimum atomic E-state index is -1.16. The van der Waals surface area contributed by atoms with E-state index in [1.165, 1.54) is 47.4 Å². The van der Waals surface area contributed by atoms with Crippen molar-refractivity contribution < 1.29 is 18.0 Å². The van der Waals surface area contributed by atoms with Crippen molar-refractivity contribution in [2.24, 2.45) is 0 Å². The van der Waals surface area contributed by atoms with E-state index in [4.69, 9.17) is 0 Å². The number of rotatable bonds is 7. The number of nitrogens with zero attached hydrogens (tertiary/aromatic N) is 3. The van der Waals surface area contributed by atoms with Crippen LogP contribution in [0.15, 0.2) is 83.0 Å². The first-order valence-electron chi connectivity index (χ1n) is 11.5. The number of hydrogen-bond donors (Lipinski definition) is 2. The number of hydrogen-bond acceptors (Lipinski definition) is 4. The first-order valence-corrected chi connectivity index (χ1v) is 11.5. The number of aromatic nitrogens is 4. The van der Waals surface area contributed by atoms with Gasteiger partial charge in [-0.3, -0.25) is 19.4 Å². The highest BCUT2D eigenvalue weighted by molar-refractivity contribution is 5.93. The number of carbonyl (C=O) groups excluding carboxylic acids is 1. The smallest absolute Gasteiger partial charge is 0.269 e. The van der Waals surface area contributed by atoms with Gasteiger partial charge in [0, 0.05) is 59.6 Å². The molecule has 192 valence electrons. The molecule has 38 heavy (non-hydrogen) atoms. The van der Waals surface area contributed by atoms with E-state index in [9.17, 15) is 27.6 Å². The van der Waals surface area contributed by atoms with E-state index < -0.39 is 34.5 Å². The lowest BCUT2D eigenvalue weighted by atomic mass is 10.1. The van der Waals surface area contributed by atoms with E-state index in [0.717, 1.165) is 22.2 Å². The van der Waals surface area contributed by atoms with Crippen molar-refractivity contribution in [2.75, 3.05) is 0 Å². The fourth-order valence-electron chi connectivity index (χ4n) is 4.07. The Hall–Kier alpha value is -4.93. The number of amides is 1. The fourth-order valence-corrected chi connectivity index (χ4v) is 4.07. The molecule has 0 atom stereocenters. The van der Waals surface area contributed by atoms with Gasteiger partial charge in [-0.25, -0.2) is 13.2 Å². The Morgan fingerprint density at radius 2 is 1.63 bits per heavy atom. The lowest BCUT2D eigenvalue weighted by Crippen LogP contribution is -2.27. The molecule has 5 aromatic rings. The average Bonchev–Trinajstić information content (AvgIpc) is 3.36. The van der Waals surface area contributed by atoms with E-state index in [2.05, 4.69) is 15.3 Å². The molecule has 2 N–H and O–H groups in total. The van der Waals surface area contributed by atoms with Crippen molar-refractivity contribution in [3.8, 4) is 0 Å². The van der Waals surface area contributed by atoms with Crippen LogP contribution in [0.5, 0.6) is 0 Å². The molecule has 0 aliphatic carbocycles. The summed E-state index contributed by atoms with van der Waals surface area (Å²) in [7, 11) is 0. The maximum absolute atomic E-state index is 14.9. The van der Waals surface area contributed by atoms with Gasteiger partial charge in [-0.15, -0.1) is 0 Å². The van der Waals surface area contributed by atoms with Crippen LogP contribution in [-0.4, -0.2) is 25.0 Å². The molecule has 3 heterocycles. The molecule has 8 nitrogen and oxygen atoms in total. The topological polar surface area (TPSA) is 102 Å². The molecule has 1 amide bonds. The second kappa shape index (κ2) is 10.2. The third kappa shape index (κ3) is 4.99. The van der Waals surface area contributed by atoms with Crippen LogP contribution >= 0.6 is 0 Å². The molecule has 0 aliphatic heterocycles. The molecule has 0 bridgehead atoms. The fraction of sp³-hybridized carbons (Fsp3) is 0.111. The second-order valence-corrected chi connectivity index (χ2v) is 8.63. The average molecular weight is 519 g/mol. The summed E-state index contributed by atoms with van der Waals surface area (Å²) in [6.45, 7) is -0.624. The molecular formula is C27H20F3N5O3. The first kappa shape index (κ1) is 24.8. The zero-order valence-corrected chi connectivity index (χ0v) is 19.7. The summed E-state index contributed by atoms with van der Waals surface area (Å²) in [5.74, 6) is -3.37. The van der Waals surface area contributed by atoms with Gasteiger partial charge in [-0.2, -0.15) is 0 Å². The molecule has 0 spiro atoms. The van der Waals surface area contributed by atoms with Crippen LogP contribution in [0.4, 0.5) is 13.2 Å². The number of H-pyrrole nitrogens is 1. The Bertz CT molecular complexity index is 1790. The lowest BCUT2D eigenvalue weighted by Gasteiger charge is -2.12. The summed E-state index contributed by atoms with van der Waals surface area (Å²) in [6, 6.07) is 9.83. The van der Waals surface area contributed by atoms with Gasteiger partial charge in [0.05, 0.1) is 24.8 Å². The number of nitrogens with one attached hydrogen (secondary N) is 2. The number of pyridine rings is 1. The van der Waals surface area contributed by atoms with Crippen molar-refractivity contribution in [3.63, 3.8) is 0 Å². The van der Waals surface area contributed by atoms with Crippen LogP contribution in [0, 0.1) is 17.5 Å². The third-order valence-corrected chi connectivity index (χ3v) is 6.13. The molecule has 0 unspecified atom stereocenters. The Morgan fingerprint density at radius 3 is 2.37 bits per heavy atom. The van der Waals surface area contributed by atoms with E-state index >= 15 is 0 Å². The van der Waals surface area contributed by atoms with Crippen LogP contribution < -0.4 is 16.4 Å². The lowest BCUT2D eigenvalue weighted by molar-refractivity contribution is 0.0949. The largest absolute Gasteiger partial charge is 0.361 e. The molecule has 0 radical (unpaired) electrons. The number of fused-ring (bicyclic) bond motifs is 1. The van der Waals surface area contributed by atoms with Gasteiger partial charge in [-0.05, 0) is 29.7 Å². The first-order chi connectivity index (χ1) is 18.3. The molecule has 0 saturated heterocycles. The van der Waals surface area contributed by atoms with E-state index in [1.54, 1.807) is 18.3 Å². The third-order valence-electron chi connectivity index (χ3n) is 6.13. The van der Waals surface area contributed by atoms with E-state index in [0.29, 0.717) is 5.52 Å². The Labute approximate surface area is 213 Å². The Morgan fingerprint density at radius 1 is 0.895 bits per heavy atom. The Balaban J connectivity index is 1.33. The van der Waals surface area contributed by atoms with Crippen molar-refractivity contribution >= 4 is 16.8 Å². The van der Waals surface area contributed by atoms with Crippen molar-refractivity contribution in [2.45, 2.75) is 19.6 Å². The molecule has 11 heteroatoms. The van der Waals surface area contributed by atoms with Crippen molar-refractivity contribution in [1.29, 1.82) is 0 Å². The van der Waals surface area contributed by atoms with Gasteiger partial charge in [0.25, 0.3) is 17.0 Å². The normalized spacial score (nSPS) is 11.1. The summed E-state index contributed by atoms with van der Waals surface area (Å²) in [5, 5.41) is 3.40. The maximum Gasteiger partial charge on any atom is 0.269 e. The summed E-state index contributed by atoms with van der Waals surface area (Å²) < 4.78 is 46.2. The molecule has 2 aromatic carbocycles. The van der Waals surface area contributed by atoms with Crippen LogP contribution in [0.2, 0.25) is 0 Å². The summed E-state index contributed by atoms with van der Waals surface area (Å²) in [4.78, 5) is 43.5. The minimum Gasteiger partial charge on any atom is -0.361 e. The zero-order chi connectivity index (χ0) is 26.8.